The van der Waals surface area contributed by atoms with Gasteiger partial charge >= 0.3 is 19.5 Å². The van der Waals surface area contributed by atoms with Crippen molar-refractivity contribution in [2.45, 2.75) is 0 Å². The van der Waals surface area contributed by atoms with Crippen molar-refractivity contribution in [2.24, 2.45) is 0 Å². The van der Waals surface area contributed by atoms with Gasteiger partial charge in [0.25, 0.3) is 0 Å². The molecule has 0 fully saturated rings. The maximum atomic E-state index is 4.19. The topological polar surface area (TPSA) is 77.3 Å². The Morgan fingerprint density at radius 3 is 0.514 bits per heavy atom. The van der Waals surface area contributed by atoms with Crippen LogP contribution >= 0.6 is 0 Å². The molecule has 6 aromatic rings. The molecule has 6 aromatic heterocycles. The number of hydrogen-bond donors (Lipinski definition) is 0. The largest absolute Gasteiger partial charge is 1.00 e. The zero-order valence-corrected chi connectivity index (χ0v) is 21.6. The first-order chi connectivity index (χ1) is 17.9. The van der Waals surface area contributed by atoms with Gasteiger partial charge in [-0.2, -0.15) is 0 Å². The van der Waals surface area contributed by atoms with Crippen molar-refractivity contribution in [3.8, 4) is 34.2 Å². The van der Waals surface area contributed by atoms with Crippen LogP contribution in [0.25, 0.3) is 34.2 Å². The van der Waals surface area contributed by atoms with Crippen LogP contribution in [0.4, 0.5) is 0 Å². The van der Waals surface area contributed by atoms with Gasteiger partial charge in [-0.1, -0.05) is 36.4 Å². The van der Waals surface area contributed by atoms with Gasteiger partial charge in [-0.3, -0.25) is 29.9 Å². The summed E-state index contributed by atoms with van der Waals surface area (Å²) in [7, 11) is 0. The van der Waals surface area contributed by atoms with Crippen molar-refractivity contribution in [1.82, 2.24) is 29.9 Å². The van der Waals surface area contributed by atoms with E-state index in [4.69, 9.17) is 0 Å². The summed E-state index contributed by atoms with van der Waals surface area (Å²) < 4.78 is 0. The molecule has 181 valence electrons. The van der Waals surface area contributed by atoms with Crippen molar-refractivity contribution >= 4 is 0 Å². The van der Waals surface area contributed by atoms with E-state index < -0.39 is 0 Å². The number of hydrogen-bond acceptors (Lipinski definition) is 6. The maximum Gasteiger partial charge on any atom is 1.00 e. The Morgan fingerprint density at radius 1 is 0.243 bits per heavy atom. The number of nitrogens with zero attached hydrogens (tertiary/aromatic N) is 6. The molecular formula is C30H24N6Ru+. The zero-order valence-electron chi connectivity index (χ0n) is 19.9. The summed E-state index contributed by atoms with van der Waals surface area (Å²) in [5, 5.41) is 0. The first-order valence-corrected chi connectivity index (χ1v) is 11.4. The van der Waals surface area contributed by atoms with E-state index in [-0.39, 0.29) is 19.5 Å². The van der Waals surface area contributed by atoms with Gasteiger partial charge in [0.1, 0.15) is 0 Å². The van der Waals surface area contributed by atoms with Crippen LogP contribution in [0.1, 0.15) is 0 Å². The van der Waals surface area contributed by atoms with Crippen LogP contribution in [0.2, 0.25) is 0 Å². The van der Waals surface area contributed by atoms with Crippen LogP contribution in [-0.4, -0.2) is 29.9 Å². The van der Waals surface area contributed by atoms with E-state index in [9.17, 15) is 0 Å². The Hall–Kier alpha value is -4.48. The molecule has 6 nitrogen and oxygen atoms in total. The molecule has 0 atom stereocenters. The second-order valence-corrected chi connectivity index (χ2v) is 7.29. The molecule has 0 aliphatic heterocycles. The van der Waals surface area contributed by atoms with E-state index in [1.54, 1.807) is 37.2 Å². The fourth-order valence-corrected chi connectivity index (χ4v) is 3.09. The summed E-state index contributed by atoms with van der Waals surface area (Å²) in [6.45, 7) is 0. The van der Waals surface area contributed by atoms with E-state index in [1.165, 1.54) is 0 Å². The van der Waals surface area contributed by atoms with E-state index in [0.29, 0.717) is 0 Å². The summed E-state index contributed by atoms with van der Waals surface area (Å²) in [6.07, 6.45) is 10.6. The maximum absolute atomic E-state index is 4.19. The van der Waals surface area contributed by atoms with Gasteiger partial charge in [-0.25, -0.2) is 0 Å². The number of rotatable bonds is 3. The minimum Gasteiger partial charge on any atom is -0.255 e. The summed E-state index contributed by atoms with van der Waals surface area (Å²) in [4.78, 5) is 25.1. The number of aromatic nitrogens is 6. The van der Waals surface area contributed by atoms with Crippen molar-refractivity contribution in [3.05, 3.63) is 146 Å². The first kappa shape index (κ1) is 27.1. The normalized spacial score (nSPS) is 9.41. The zero-order chi connectivity index (χ0) is 24.7. The van der Waals surface area contributed by atoms with Crippen molar-refractivity contribution in [3.63, 3.8) is 0 Å². The molecule has 7 heteroatoms. The van der Waals surface area contributed by atoms with E-state index in [2.05, 4.69) is 29.9 Å². The third-order valence-electron chi connectivity index (χ3n) is 4.78. The van der Waals surface area contributed by atoms with Gasteiger partial charge in [0.05, 0.1) is 34.2 Å². The molecule has 0 saturated carbocycles. The van der Waals surface area contributed by atoms with Crippen LogP contribution in [0, 0.1) is 0 Å². The van der Waals surface area contributed by atoms with Crippen LogP contribution in [0.3, 0.4) is 0 Å². The quantitative estimate of drug-likeness (QED) is 0.229. The van der Waals surface area contributed by atoms with Crippen LogP contribution in [-0.2, 0) is 19.5 Å². The molecule has 6 heterocycles. The summed E-state index contributed by atoms with van der Waals surface area (Å²) in [6, 6.07) is 34.8. The number of pyridine rings is 6. The standard InChI is InChI=1S/3C10H8N2.Ru/c3*1-3-7-11-9(5-1)10-6-2-4-8-12-10;/h3*1-8H;/q;;;+1. The van der Waals surface area contributed by atoms with Crippen molar-refractivity contribution < 1.29 is 19.5 Å². The fourth-order valence-electron chi connectivity index (χ4n) is 3.09. The third-order valence-corrected chi connectivity index (χ3v) is 4.78. The molecule has 0 saturated heterocycles. The molecule has 0 aliphatic carbocycles. The molecule has 0 spiro atoms. The van der Waals surface area contributed by atoms with E-state index in [1.807, 2.05) is 109 Å². The first-order valence-electron chi connectivity index (χ1n) is 11.4. The fraction of sp³-hybridized carbons (Fsp3) is 0. The summed E-state index contributed by atoms with van der Waals surface area (Å²) in [5.41, 5.74) is 5.49. The minimum atomic E-state index is 0. The molecule has 37 heavy (non-hydrogen) atoms. The Labute approximate surface area is 229 Å². The third kappa shape index (κ3) is 8.91. The molecule has 0 aliphatic rings. The van der Waals surface area contributed by atoms with Gasteiger partial charge in [-0.05, 0) is 72.8 Å². The molecule has 0 aromatic carbocycles. The smallest absolute Gasteiger partial charge is 0.255 e. The van der Waals surface area contributed by atoms with Crippen LogP contribution in [0.15, 0.2) is 146 Å². The molecule has 0 unspecified atom stereocenters. The Balaban J connectivity index is 0.000000152. The van der Waals surface area contributed by atoms with Crippen LogP contribution in [0.5, 0.6) is 0 Å². The Morgan fingerprint density at radius 2 is 0.405 bits per heavy atom. The molecular weight excluding hydrogens is 545 g/mol. The molecule has 0 amide bonds. The van der Waals surface area contributed by atoms with Gasteiger partial charge in [-0.15, -0.1) is 0 Å². The Kier molecular flexibility index (Phi) is 11.4. The van der Waals surface area contributed by atoms with E-state index >= 15 is 0 Å². The minimum absolute atomic E-state index is 0. The predicted octanol–water partition coefficient (Wildman–Crippen LogP) is 6.43. The SMILES string of the molecule is [Ru+].c1ccc(-c2ccccn2)nc1.c1ccc(-c2ccccn2)nc1.c1ccc(-c2ccccn2)nc1. The van der Waals surface area contributed by atoms with Crippen molar-refractivity contribution in [2.75, 3.05) is 0 Å². The van der Waals surface area contributed by atoms with Crippen LogP contribution < -0.4 is 0 Å². The second-order valence-electron chi connectivity index (χ2n) is 7.29. The predicted molar refractivity (Wildman–Crippen MR) is 142 cm³/mol. The van der Waals surface area contributed by atoms with Gasteiger partial charge in [0.15, 0.2) is 0 Å². The van der Waals surface area contributed by atoms with Gasteiger partial charge in [0, 0.05) is 37.2 Å². The average Bonchev–Trinajstić information content (AvgIpc) is 3.01. The van der Waals surface area contributed by atoms with E-state index in [0.717, 1.165) is 34.2 Å². The molecule has 6 rings (SSSR count). The summed E-state index contributed by atoms with van der Waals surface area (Å²) in [5.74, 6) is 0. The molecule has 0 N–H and O–H groups in total. The Bertz CT molecular complexity index is 1100. The summed E-state index contributed by atoms with van der Waals surface area (Å²) >= 11 is 0. The van der Waals surface area contributed by atoms with Gasteiger partial charge < -0.3 is 0 Å². The van der Waals surface area contributed by atoms with Crippen molar-refractivity contribution in [1.29, 1.82) is 0 Å². The monoisotopic (exact) mass is 570 g/mol. The average molecular weight is 570 g/mol. The van der Waals surface area contributed by atoms with Gasteiger partial charge in [0.2, 0.25) is 0 Å². The molecule has 0 bridgehead atoms. The second kappa shape index (κ2) is 15.5. The molecule has 1 radical (unpaired) electrons.